The number of aromatic amines is 2. The lowest BCUT2D eigenvalue weighted by atomic mass is 9.83. The molecule has 6 aromatic carbocycles. The smallest absolute Gasteiger partial charge is 0.452 e. The minimum Gasteiger partial charge on any atom is -0.457 e. The fraction of sp³-hybridized carbons (Fsp3) is 0.319. The van der Waals surface area contributed by atoms with Gasteiger partial charge in [-0.2, -0.15) is 79.0 Å². The Labute approximate surface area is 809 Å². The van der Waals surface area contributed by atoms with Crippen LogP contribution >= 0.6 is 44.3 Å². The number of fused-ring (bicyclic) bond motifs is 3. The van der Waals surface area contributed by atoms with Crippen molar-refractivity contribution in [3.8, 4) is 57.5 Å². The van der Waals surface area contributed by atoms with Gasteiger partial charge in [0.2, 0.25) is 17.7 Å². The first-order valence-corrected chi connectivity index (χ1v) is 43.9. The maximum atomic E-state index is 13.7. The van der Waals surface area contributed by atoms with Gasteiger partial charge in [0.05, 0.1) is 29.1 Å². The lowest BCUT2D eigenvalue weighted by Gasteiger charge is -2.25. The van der Waals surface area contributed by atoms with Gasteiger partial charge in [-0.1, -0.05) is 50.1 Å². The van der Waals surface area contributed by atoms with Gasteiger partial charge in [-0.3, -0.25) is 38.9 Å². The van der Waals surface area contributed by atoms with Crippen molar-refractivity contribution in [2.75, 3.05) is 16.0 Å². The Morgan fingerprint density at radius 2 is 0.736 bits per heavy atom. The molecule has 0 radical (unpaired) electrons. The standard InChI is InChI=1S/C33H31F6N5O4.C30H30F3N3O5.C28H23F6N5O2.C3HBr2F3O.ClH/c1-31(2,3)48-30(46)42-16-18-10-22(32(34,35)36)14-23(11-18)43-29(45)20-5-4-19-6-7-24(13-21(19)12-20)47-25-8-9-40-26(15-25)28-41-17-27(44-28)33(37,38)39;1-29(2,3)41-28(39)35-16-18-10-22(30(31,32)33)14-23(11-18)36-27(38)20-5-4-19-6-7-25(13-21(19)12-20)40-26-8-9-34-24(15-26)17-37;29-27(30,31)19-7-15(13-35)8-20(11-19)38-26(40)17-2-1-16-3-4-21(10-18(16)9-17)41-22-5-6-36-23(12-22)25-37-14-24(39-25)28(32,33)34;4-2(5)1(9)3(6,7)8;/h6-11,13-15,17,20H,4-5,12,16H2,1-3H3,(H,41,44)(H,42,46)(H,43,45);6-11,13-15,17,20H,4-5,12,16H2,1-3H3,(H,35,39)(H,36,38);3-8,10-12,14,17H,1-2,9,13,35H2,(H,37,39)(H,38,40);2H;1H. The van der Waals surface area contributed by atoms with Crippen LogP contribution in [0, 0.1) is 17.8 Å². The second kappa shape index (κ2) is 45.4. The fourth-order valence-corrected chi connectivity index (χ4v) is 14.9. The van der Waals surface area contributed by atoms with E-state index < -0.39 is 134 Å². The lowest BCUT2D eigenvalue weighted by Crippen LogP contribution is -2.32. The number of ether oxygens (including phenoxy) is 5. The molecule has 46 heteroatoms. The predicted octanol–water partition coefficient (Wildman–Crippen LogP) is 23.7. The number of anilines is 3. The molecule has 140 heavy (non-hydrogen) atoms. The maximum Gasteiger partial charge on any atom is 0.452 e. The third-order valence-corrected chi connectivity index (χ3v) is 21.6. The first-order valence-electron chi connectivity index (χ1n) is 42.0. The Morgan fingerprint density at radius 1 is 0.414 bits per heavy atom. The highest BCUT2D eigenvalue weighted by Crippen LogP contribution is 2.42. The molecule has 3 atom stereocenters. The zero-order valence-corrected chi connectivity index (χ0v) is 78.3. The van der Waals surface area contributed by atoms with E-state index in [1.54, 1.807) is 77.9 Å². The Hall–Kier alpha value is -13.2. The number of nitrogens with two attached hydrogens (primary N) is 1. The second-order valence-corrected chi connectivity index (χ2v) is 36.8. The number of carbonyl (C=O) groups excluding carboxylic acids is 7. The third-order valence-electron chi connectivity index (χ3n) is 20.8. The summed E-state index contributed by atoms with van der Waals surface area (Å²) in [7, 11) is 0. The first kappa shape index (κ1) is 109. The van der Waals surface area contributed by atoms with Crippen molar-refractivity contribution in [3.05, 3.63) is 260 Å². The van der Waals surface area contributed by atoms with Crippen LogP contribution in [-0.4, -0.2) is 98.0 Å². The van der Waals surface area contributed by atoms with Gasteiger partial charge in [0.25, 0.3) is 5.78 Å². The minimum absolute atomic E-state index is 0. The molecular weight excluding hydrogens is 2040 g/mol. The molecule has 5 amide bonds. The number of ketones is 1. The summed E-state index contributed by atoms with van der Waals surface area (Å²) in [5.41, 5.74) is 5.74. The number of hydrogen-bond acceptors (Lipinski definition) is 18. The van der Waals surface area contributed by atoms with Crippen molar-refractivity contribution in [2.45, 2.75) is 171 Å². The summed E-state index contributed by atoms with van der Waals surface area (Å²) in [5.74, 6) is -2.37. The van der Waals surface area contributed by atoms with Crippen molar-refractivity contribution in [3.63, 3.8) is 0 Å². The summed E-state index contributed by atoms with van der Waals surface area (Å²) in [6.45, 7) is 9.41. The second-order valence-electron chi connectivity index (χ2n) is 33.8. The number of alkyl halides is 20. The summed E-state index contributed by atoms with van der Waals surface area (Å²) in [5, 5.41) is 12.7. The molecule has 3 aliphatic carbocycles. The topological polar surface area (TPSA) is 348 Å². The lowest BCUT2D eigenvalue weighted by molar-refractivity contribution is -0.168. The van der Waals surface area contributed by atoms with Gasteiger partial charge >= 0.3 is 49.2 Å². The van der Waals surface area contributed by atoms with Crippen LogP contribution < -0.4 is 46.5 Å². The van der Waals surface area contributed by atoms with Crippen LogP contribution in [0.1, 0.15) is 149 Å². The predicted molar refractivity (Wildman–Crippen MR) is 484 cm³/mol. The largest absolute Gasteiger partial charge is 0.457 e. The number of aromatic nitrogens is 7. The average Bonchev–Trinajstić information content (AvgIpc) is 1.57. The van der Waals surface area contributed by atoms with Crippen LogP contribution in [0.5, 0.6) is 34.5 Å². The molecule has 5 heterocycles. The van der Waals surface area contributed by atoms with Crippen molar-refractivity contribution in [2.24, 2.45) is 23.5 Å². The van der Waals surface area contributed by atoms with Crippen molar-refractivity contribution < 1.29 is 136 Å². The molecule has 11 aromatic rings. The van der Waals surface area contributed by atoms with Gasteiger partial charge in [-0.05, 0) is 259 Å². The highest BCUT2D eigenvalue weighted by molar-refractivity contribution is 9.25. The number of rotatable bonds is 21. The van der Waals surface area contributed by atoms with Crippen LogP contribution in [0.15, 0.2) is 177 Å². The maximum absolute atomic E-state index is 13.7. The zero-order chi connectivity index (χ0) is 102. The summed E-state index contributed by atoms with van der Waals surface area (Å²) in [6, 6.07) is 34.8. The SMILES string of the molecule is CC(C)(C)OC(=O)NCc1cc(NC(=O)C2CCc3ccc(Oc4ccnc(-c5ncc(C(F)(F)F)[nH]5)c4)cc3C2)cc(C(F)(F)F)c1.CC(C)(C)OC(=O)NCc1cc(NC(=O)C2CCc3ccc(Oc4ccnc(C=O)c4)cc3C2)cc(C(F)(F)F)c1.Cl.NCc1cc(NC(=O)C2CCc3ccc(Oc4ccnc(-c5ncc(C(F)(F)F)[nH]5)c4)cc3C2)cc(C(F)(F)F)c1.O=C(C(Br)Br)C(F)(F)F. The molecule has 5 aromatic heterocycles. The van der Waals surface area contributed by atoms with E-state index in [0.717, 1.165) is 69.8 Å². The number of nitrogens with one attached hydrogen (secondary N) is 7. The molecule has 9 N–H and O–H groups in total. The van der Waals surface area contributed by atoms with Gasteiger partial charge < -0.3 is 66.0 Å². The monoisotopic (exact) mass is 2120 g/mol. The number of alkyl carbamates (subject to hydrolysis) is 2. The van der Waals surface area contributed by atoms with Gasteiger partial charge in [-0.15, -0.1) is 12.4 Å². The number of Topliss-reactive ketones (excluding diaryl/α,β-unsaturated/α-hetero) is 1. The molecule has 0 saturated heterocycles. The molecule has 0 fully saturated rings. The van der Waals surface area contributed by atoms with Gasteiger partial charge in [0, 0.05) is 91.2 Å². The quantitative estimate of drug-likeness (QED) is 0.0188. The van der Waals surface area contributed by atoms with E-state index in [-0.39, 0.29) is 100 Å². The molecule has 746 valence electrons. The van der Waals surface area contributed by atoms with E-state index in [1.165, 1.54) is 67.1 Å². The summed E-state index contributed by atoms with van der Waals surface area (Å²) >= 11 is 4.85. The molecule has 3 unspecified atom stereocenters. The van der Waals surface area contributed by atoms with Gasteiger partial charge in [0.15, 0.2) is 17.9 Å². The molecule has 14 rings (SSSR count). The normalized spacial score (nSPS) is 14.8. The number of benzene rings is 6. The summed E-state index contributed by atoms with van der Waals surface area (Å²) in [6.07, 6.45) is -19.0. The first-order chi connectivity index (χ1) is 64.9. The molecule has 0 bridgehead atoms. The average molecular weight is 2130 g/mol. The van der Waals surface area contributed by atoms with Gasteiger partial charge in [0.1, 0.15) is 77.9 Å². The summed E-state index contributed by atoms with van der Waals surface area (Å²) in [4.78, 5) is 108. The number of nitrogens with zero attached hydrogens (tertiary/aromatic N) is 5. The Kier molecular flexibility index (Phi) is 35.3. The molecule has 0 saturated carbocycles. The van der Waals surface area contributed by atoms with Gasteiger partial charge in [-0.25, -0.2) is 19.6 Å². The number of aldehydes is 1. The van der Waals surface area contributed by atoms with E-state index in [9.17, 15) is 113 Å². The molecule has 25 nitrogen and oxygen atoms in total. The van der Waals surface area contributed by atoms with E-state index >= 15 is 0 Å². The van der Waals surface area contributed by atoms with Crippen LogP contribution in [0.4, 0.5) is 106 Å². The van der Waals surface area contributed by atoms with Crippen molar-refractivity contribution in [1.82, 2.24) is 45.5 Å². The van der Waals surface area contributed by atoms with Crippen LogP contribution in [0.2, 0.25) is 0 Å². The Morgan fingerprint density at radius 3 is 1.03 bits per heavy atom. The number of hydrogen-bond donors (Lipinski definition) is 8. The fourth-order valence-electron chi connectivity index (χ4n) is 14.4. The van der Waals surface area contributed by atoms with E-state index in [4.69, 9.17) is 29.4 Å². The highest BCUT2D eigenvalue weighted by Gasteiger charge is 2.43. The van der Waals surface area contributed by atoms with Crippen LogP contribution in [0.3, 0.4) is 0 Å². The molecular formula is C94H86Br2ClF18N13O12. The van der Waals surface area contributed by atoms with Crippen molar-refractivity contribution in [1.29, 1.82) is 0 Å². The van der Waals surface area contributed by atoms with Crippen LogP contribution in [0.25, 0.3) is 23.0 Å². The van der Waals surface area contributed by atoms with E-state index in [0.29, 0.717) is 105 Å². The Balaban J connectivity index is 0.000000207. The number of pyridine rings is 3. The molecule has 0 aliphatic heterocycles. The van der Waals surface area contributed by atoms with Crippen LogP contribution in [-0.2, 0) is 118 Å². The number of carbonyl (C=O) groups is 7. The Bertz CT molecular complexity index is 6300. The number of halogens is 21. The number of amides is 5. The molecule has 3 aliphatic rings. The minimum atomic E-state index is -4.75. The summed E-state index contributed by atoms with van der Waals surface area (Å²) < 4.78 is 260. The zero-order valence-electron chi connectivity index (χ0n) is 74.3. The number of H-pyrrole nitrogens is 2. The molecule has 0 spiro atoms. The number of aryl methyl sites for hydroxylation is 3. The number of imidazole rings is 2. The van der Waals surface area contributed by atoms with E-state index in [1.807, 2.05) is 24.3 Å². The van der Waals surface area contributed by atoms with Crippen molar-refractivity contribution >= 4 is 103 Å². The highest BCUT2D eigenvalue weighted by atomic mass is 79.9. The van der Waals surface area contributed by atoms with E-state index in [2.05, 4.69) is 93.3 Å². The third kappa shape index (κ3) is 31.9.